The minimum absolute atomic E-state index is 0.319. The molecule has 1 aromatic carbocycles. The number of rotatable bonds is 3. The van der Waals surface area contributed by atoms with Crippen LogP contribution in [0.3, 0.4) is 0 Å². The Morgan fingerprint density at radius 1 is 1.19 bits per heavy atom. The molecule has 0 saturated carbocycles. The van der Waals surface area contributed by atoms with Gasteiger partial charge in [0.2, 0.25) is 0 Å². The molecular weight excluding hydrogens is 256 g/mol. The van der Waals surface area contributed by atoms with E-state index in [-0.39, 0.29) is 0 Å². The lowest BCUT2D eigenvalue weighted by Crippen LogP contribution is -2.59. The first-order chi connectivity index (χ1) is 9.77. The first-order valence-corrected chi connectivity index (χ1v) is 8.33. The van der Waals surface area contributed by atoms with Crippen molar-refractivity contribution in [3.05, 3.63) is 35.4 Å². The van der Waals surface area contributed by atoms with Gasteiger partial charge in [-0.15, -0.1) is 0 Å². The fourth-order valence-electron chi connectivity index (χ4n) is 2.96. The minimum atomic E-state index is 0.319. The van der Waals surface area contributed by atoms with Crippen LogP contribution < -0.4 is 5.32 Å². The molecule has 2 nitrogen and oxygen atoms in total. The van der Waals surface area contributed by atoms with E-state index in [2.05, 4.69) is 76.0 Å². The van der Waals surface area contributed by atoms with Gasteiger partial charge in [0.15, 0.2) is 0 Å². The summed E-state index contributed by atoms with van der Waals surface area (Å²) in [5, 5.41) is 3.71. The molecule has 0 spiro atoms. The molecule has 0 radical (unpaired) electrons. The zero-order chi connectivity index (χ0) is 15.6. The van der Waals surface area contributed by atoms with Gasteiger partial charge in [0.25, 0.3) is 0 Å². The molecule has 1 N–H and O–H groups in total. The van der Waals surface area contributed by atoms with E-state index in [1.807, 2.05) is 0 Å². The van der Waals surface area contributed by atoms with Crippen molar-refractivity contribution in [2.45, 2.75) is 66.1 Å². The second kappa shape index (κ2) is 6.50. The fraction of sp³-hybridized carbons (Fsp3) is 0.684. The summed E-state index contributed by atoms with van der Waals surface area (Å²) >= 11 is 0. The molecule has 0 aromatic heterocycles. The highest BCUT2D eigenvalue weighted by molar-refractivity contribution is 5.24. The highest BCUT2D eigenvalue weighted by atomic mass is 15.2. The molecule has 1 aromatic rings. The number of nitrogens with one attached hydrogen (secondary N) is 1. The summed E-state index contributed by atoms with van der Waals surface area (Å²) in [6.45, 7) is 17.1. The van der Waals surface area contributed by atoms with Crippen molar-refractivity contribution in [2.75, 3.05) is 13.1 Å². The van der Waals surface area contributed by atoms with E-state index in [0.717, 1.165) is 19.6 Å². The smallest absolute Gasteiger partial charge is 0.0244 e. The topological polar surface area (TPSA) is 15.3 Å². The van der Waals surface area contributed by atoms with Gasteiger partial charge in [-0.25, -0.2) is 0 Å². The fourth-order valence-corrected chi connectivity index (χ4v) is 2.96. The molecular formula is C19H32N2. The standard InChI is InChI=1S/C19H32N2/c1-14(2)17-9-7-16(8-10-17)12-21-13-18(19(4,5)6)20-11-15(21)3/h7-10,14-15,18,20H,11-13H2,1-6H3. The maximum atomic E-state index is 3.71. The predicted molar refractivity (Wildman–Crippen MR) is 91.6 cm³/mol. The second-order valence-electron chi connectivity index (χ2n) is 8.00. The van der Waals surface area contributed by atoms with Crippen molar-refractivity contribution in [2.24, 2.45) is 5.41 Å². The predicted octanol–water partition coefficient (Wildman–Crippen LogP) is 4.02. The molecule has 2 unspecified atom stereocenters. The summed E-state index contributed by atoms with van der Waals surface area (Å²) in [5.41, 5.74) is 3.18. The van der Waals surface area contributed by atoms with Crippen molar-refractivity contribution in [1.82, 2.24) is 10.2 Å². The lowest BCUT2D eigenvalue weighted by Gasteiger charge is -2.44. The Labute approximate surface area is 130 Å². The number of hydrogen-bond donors (Lipinski definition) is 1. The van der Waals surface area contributed by atoms with Crippen molar-refractivity contribution < 1.29 is 0 Å². The monoisotopic (exact) mass is 288 g/mol. The summed E-state index contributed by atoms with van der Waals surface area (Å²) in [6, 6.07) is 10.4. The Kier molecular flexibility index (Phi) is 5.11. The van der Waals surface area contributed by atoms with Crippen LogP contribution in [0.15, 0.2) is 24.3 Å². The molecule has 0 amide bonds. The highest BCUT2D eigenvalue weighted by Gasteiger charge is 2.32. The average molecular weight is 288 g/mol. The first-order valence-electron chi connectivity index (χ1n) is 8.33. The molecule has 0 aliphatic carbocycles. The van der Waals surface area contributed by atoms with Crippen LogP contribution in [-0.2, 0) is 6.54 Å². The van der Waals surface area contributed by atoms with Crippen LogP contribution in [0.5, 0.6) is 0 Å². The number of benzene rings is 1. The summed E-state index contributed by atoms with van der Waals surface area (Å²) in [5.74, 6) is 0.613. The SMILES string of the molecule is CC(C)c1ccc(CN2CC(C(C)(C)C)NCC2C)cc1. The molecule has 0 bridgehead atoms. The maximum absolute atomic E-state index is 3.71. The van der Waals surface area contributed by atoms with Gasteiger partial charge in [-0.05, 0) is 29.4 Å². The van der Waals surface area contributed by atoms with Gasteiger partial charge in [-0.3, -0.25) is 4.90 Å². The number of hydrogen-bond acceptors (Lipinski definition) is 2. The molecule has 2 heteroatoms. The van der Waals surface area contributed by atoms with Crippen molar-refractivity contribution >= 4 is 0 Å². The quantitative estimate of drug-likeness (QED) is 0.904. The highest BCUT2D eigenvalue weighted by Crippen LogP contribution is 2.24. The molecule has 1 saturated heterocycles. The average Bonchev–Trinajstić information content (AvgIpc) is 2.40. The van der Waals surface area contributed by atoms with Crippen molar-refractivity contribution in [3.63, 3.8) is 0 Å². The van der Waals surface area contributed by atoms with E-state index < -0.39 is 0 Å². The van der Waals surface area contributed by atoms with Crippen molar-refractivity contribution in [3.8, 4) is 0 Å². The molecule has 2 atom stereocenters. The van der Waals surface area contributed by atoms with E-state index in [1.54, 1.807) is 0 Å². The number of nitrogens with zero attached hydrogens (tertiary/aromatic N) is 1. The molecule has 118 valence electrons. The zero-order valence-corrected chi connectivity index (χ0v) is 14.6. The van der Waals surface area contributed by atoms with Crippen LogP contribution in [-0.4, -0.2) is 30.1 Å². The molecule has 2 rings (SSSR count). The number of piperazine rings is 1. The third kappa shape index (κ3) is 4.31. The van der Waals surface area contributed by atoms with E-state index in [4.69, 9.17) is 0 Å². The van der Waals surface area contributed by atoms with Crippen LogP contribution in [0.1, 0.15) is 58.6 Å². The largest absolute Gasteiger partial charge is 0.311 e. The summed E-state index contributed by atoms with van der Waals surface area (Å²) in [4.78, 5) is 2.62. The van der Waals surface area contributed by atoms with Gasteiger partial charge in [0.05, 0.1) is 0 Å². The third-order valence-electron chi connectivity index (χ3n) is 4.78. The minimum Gasteiger partial charge on any atom is -0.311 e. The van der Waals surface area contributed by atoms with E-state index in [0.29, 0.717) is 23.4 Å². The van der Waals surface area contributed by atoms with Gasteiger partial charge in [0.1, 0.15) is 0 Å². The maximum Gasteiger partial charge on any atom is 0.0244 e. The van der Waals surface area contributed by atoms with Crippen LogP contribution in [0.25, 0.3) is 0 Å². The Morgan fingerprint density at radius 2 is 1.81 bits per heavy atom. The van der Waals surface area contributed by atoms with E-state index >= 15 is 0 Å². The van der Waals surface area contributed by atoms with Crippen LogP contribution in [0.4, 0.5) is 0 Å². The Balaban J connectivity index is 2.03. The normalized spacial score (nSPS) is 24.5. The van der Waals surface area contributed by atoms with Crippen LogP contribution in [0.2, 0.25) is 0 Å². The molecule has 1 aliphatic rings. The lowest BCUT2D eigenvalue weighted by molar-refractivity contribution is 0.0877. The van der Waals surface area contributed by atoms with Gasteiger partial charge >= 0.3 is 0 Å². The van der Waals surface area contributed by atoms with Crippen molar-refractivity contribution in [1.29, 1.82) is 0 Å². The summed E-state index contributed by atoms with van der Waals surface area (Å²) in [6.07, 6.45) is 0. The van der Waals surface area contributed by atoms with Gasteiger partial charge in [0, 0.05) is 31.7 Å². The molecule has 1 heterocycles. The van der Waals surface area contributed by atoms with Crippen LogP contribution in [0, 0.1) is 5.41 Å². The Hall–Kier alpha value is -0.860. The first kappa shape index (κ1) is 16.5. The van der Waals surface area contributed by atoms with Gasteiger partial charge in [-0.1, -0.05) is 58.9 Å². The molecule has 1 fully saturated rings. The zero-order valence-electron chi connectivity index (χ0n) is 14.6. The van der Waals surface area contributed by atoms with Gasteiger partial charge in [-0.2, -0.15) is 0 Å². The summed E-state index contributed by atoms with van der Waals surface area (Å²) < 4.78 is 0. The summed E-state index contributed by atoms with van der Waals surface area (Å²) in [7, 11) is 0. The van der Waals surface area contributed by atoms with E-state index in [9.17, 15) is 0 Å². The van der Waals surface area contributed by atoms with Gasteiger partial charge < -0.3 is 5.32 Å². The third-order valence-corrected chi connectivity index (χ3v) is 4.78. The Bertz CT molecular complexity index is 442. The van der Waals surface area contributed by atoms with Crippen LogP contribution >= 0.6 is 0 Å². The molecule has 1 aliphatic heterocycles. The second-order valence-corrected chi connectivity index (χ2v) is 8.00. The Morgan fingerprint density at radius 3 is 2.33 bits per heavy atom. The molecule has 21 heavy (non-hydrogen) atoms. The van der Waals surface area contributed by atoms with E-state index in [1.165, 1.54) is 11.1 Å². The lowest BCUT2D eigenvalue weighted by atomic mass is 9.84.